The number of benzene rings is 3. The molecule has 2 amide bonds. The van der Waals surface area contributed by atoms with E-state index in [0.29, 0.717) is 30.6 Å². The van der Waals surface area contributed by atoms with Crippen molar-refractivity contribution in [1.29, 1.82) is 5.26 Å². The second-order valence-electron chi connectivity index (χ2n) is 8.84. The summed E-state index contributed by atoms with van der Waals surface area (Å²) < 4.78 is 0. The van der Waals surface area contributed by atoms with E-state index in [2.05, 4.69) is 16.0 Å². The number of piperazine rings is 1. The maximum Gasteiger partial charge on any atom is 0.316 e. The van der Waals surface area contributed by atoms with E-state index in [1.165, 1.54) is 0 Å². The lowest BCUT2D eigenvalue weighted by atomic mass is 9.94. The predicted molar refractivity (Wildman–Crippen MR) is 136 cm³/mol. The molecule has 178 valence electrons. The van der Waals surface area contributed by atoms with Gasteiger partial charge in [0, 0.05) is 12.2 Å². The first-order chi connectivity index (χ1) is 17.6. The zero-order chi connectivity index (χ0) is 24.9. The van der Waals surface area contributed by atoms with Gasteiger partial charge in [-0.1, -0.05) is 60.7 Å². The summed E-state index contributed by atoms with van der Waals surface area (Å²) in [6.45, 7) is 0.376. The van der Waals surface area contributed by atoms with E-state index in [4.69, 9.17) is 5.26 Å². The normalized spacial score (nSPS) is 16.6. The molecule has 0 bridgehead atoms. The Kier molecular flexibility index (Phi) is 6.59. The van der Waals surface area contributed by atoms with Gasteiger partial charge < -0.3 is 14.8 Å². The van der Waals surface area contributed by atoms with Crippen molar-refractivity contribution in [3.05, 3.63) is 120 Å². The Morgan fingerprint density at radius 3 is 2.25 bits per heavy atom. The molecule has 1 fully saturated rings. The first-order valence-electron chi connectivity index (χ1n) is 11.8. The van der Waals surface area contributed by atoms with Crippen molar-refractivity contribution in [2.24, 2.45) is 0 Å². The molecule has 1 N–H and O–H groups in total. The molecule has 0 spiro atoms. The van der Waals surface area contributed by atoms with Crippen LogP contribution in [0.25, 0.3) is 0 Å². The molecular formula is C29H25N5O2. The molecular weight excluding hydrogens is 450 g/mol. The molecule has 0 radical (unpaired) electrons. The number of amides is 2. The van der Waals surface area contributed by atoms with Gasteiger partial charge >= 0.3 is 11.8 Å². The molecule has 1 aliphatic rings. The number of nitriles is 1. The van der Waals surface area contributed by atoms with Crippen molar-refractivity contribution in [2.45, 2.75) is 24.9 Å². The Morgan fingerprint density at radius 1 is 0.917 bits per heavy atom. The number of para-hydroxylation sites is 1. The summed E-state index contributed by atoms with van der Waals surface area (Å²) >= 11 is 0. The topological polar surface area (TPSA) is 93.1 Å². The minimum atomic E-state index is -0.546. The molecule has 0 saturated carbocycles. The Balaban J connectivity index is 1.54. The smallest absolute Gasteiger partial charge is 0.316 e. The lowest BCUT2D eigenvalue weighted by Crippen LogP contribution is -2.61. The summed E-state index contributed by atoms with van der Waals surface area (Å²) in [5, 5.41) is 9.16. The minimum absolute atomic E-state index is 0.260. The molecule has 5 rings (SSSR count). The van der Waals surface area contributed by atoms with E-state index in [-0.39, 0.29) is 6.04 Å². The average Bonchev–Trinajstić information content (AvgIpc) is 3.46. The van der Waals surface area contributed by atoms with E-state index in [9.17, 15) is 9.59 Å². The zero-order valence-electron chi connectivity index (χ0n) is 19.6. The maximum absolute atomic E-state index is 13.8. The number of imidazole rings is 1. The molecule has 1 aromatic heterocycles. The number of nitrogens with zero attached hydrogens (tertiary/aromatic N) is 4. The number of aromatic amines is 1. The molecule has 2 atom stereocenters. The third-order valence-electron chi connectivity index (χ3n) is 6.56. The highest BCUT2D eigenvalue weighted by atomic mass is 16.2. The van der Waals surface area contributed by atoms with Crippen LogP contribution in [0.5, 0.6) is 0 Å². The molecule has 2 heterocycles. The van der Waals surface area contributed by atoms with Crippen molar-refractivity contribution in [3.63, 3.8) is 0 Å². The molecule has 1 unspecified atom stereocenters. The number of hydrogen-bond donors (Lipinski definition) is 1. The second kappa shape index (κ2) is 10.3. The summed E-state index contributed by atoms with van der Waals surface area (Å²) in [5.41, 5.74) is 4.08. The van der Waals surface area contributed by atoms with Crippen LogP contribution in [0, 0.1) is 11.3 Å². The Bertz CT molecular complexity index is 1360. The van der Waals surface area contributed by atoms with Crippen LogP contribution in [0.4, 0.5) is 5.69 Å². The van der Waals surface area contributed by atoms with Gasteiger partial charge in [-0.15, -0.1) is 0 Å². The van der Waals surface area contributed by atoms with Crippen LogP contribution in [0.15, 0.2) is 97.5 Å². The lowest BCUT2D eigenvalue weighted by Gasteiger charge is -2.44. The number of rotatable bonds is 7. The fourth-order valence-corrected chi connectivity index (χ4v) is 4.79. The van der Waals surface area contributed by atoms with Gasteiger partial charge in [0.05, 0.1) is 41.9 Å². The SMILES string of the molecule is N#Cc1ccc(C[C@@H](c2cnc[nH]2)N2C(=O)C(=O)N(c3ccccc3)CC2Cc2ccccc2)cc1. The highest BCUT2D eigenvalue weighted by Gasteiger charge is 2.43. The number of carbonyl (C=O) groups excluding carboxylic acids is 2. The van der Waals surface area contributed by atoms with Crippen LogP contribution in [0.2, 0.25) is 0 Å². The lowest BCUT2D eigenvalue weighted by molar-refractivity contribution is -0.151. The summed E-state index contributed by atoms with van der Waals surface area (Å²) in [7, 11) is 0. The van der Waals surface area contributed by atoms with Crippen molar-refractivity contribution in [3.8, 4) is 6.07 Å². The summed E-state index contributed by atoms with van der Waals surface area (Å²) in [6, 6.07) is 28.1. The fourth-order valence-electron chi connectivity index (χ4n) is 4.79. The summed E-state index contributed by atoms with van der Waals surface area (Å²) in [5.74, 6) is -1.09. The van der Waals surface area contributed by atoms with Crippen LogP contribution >= 0.6 is 0 Å². The molecule has 7 nitrogen and oxygen atoms in total. The van der Waals surface area contributed by atoms with Gasteiger partial charge in [0.2, 0.25) is 0 Å². The predicted octanol–water partition coefficient (Wildman–Crippen LogP) is 4.05. The van der Waals surface area contributed by atoms with E-state index in [0.717, 1.165) is 16.8 Å². The van der Waals surface area contributed by atoms with E-state index in [1.54, 1.807) is 34.5 Å². The first kappa shape index (κ1) is 23.1. The van der Waals surface area contributed by atoms with Gasteiger partial charge in [0.25, 0.3) is 0 Å². The monoisotopic (exact) mass is 475 g/mol. The number of nitrogens with one attached hydrogen (secondary N) is 1. The number of H-pyrrole nitrogens is 1. The van der Waals surface area contributed by atoms with Crippen LogP contribution in [0.1, 0.15) is 28.4 Å². The number of carbonyl (C=O) groups is 2. The van der Waals surface area contributed by atoms with Crippen molar-refractivity contribution >= 4 is 17.5 Å². The average molecular weight is 476 g/mol. The fraction of sp³-hybridized carbons (Fsp3) is 0.172. The molecule has 0 aliphatic carbocycles. The third kappa shape index (κ3) is 4.75. The number of anilines is 1. The van der Waals surface area contributed by atoms with Crippen molar-refractivity contribution in [2.75, 3.05) is 11.4 Å². The van der Waals surface area contributed by atoms with Gasteiger partial charge in [0.1, 0.15) is 0 Å². The molecule has 1 saturated heterocycles. The second-order valence-corrected chi connectivity index (χ2v) is 8.84. The molecule has 7 heteroatoms. The van der Waals surface area contributed by atoms with Gasteiger partial charge in [-0.3, -0.25) is 9.59 Å². The van der Waals surface area contributed by atoms with Gasteiger partial charge in [-0.2, -0.15) is 5.26 Å². The summed E-state index contributed by atoms with van der Waals surface area (Å²) in [4.78, 5) is 37.9. The van der Waals surface area contributed by atoms with Crippen LogP contribution in [-0.4, -0.2) is 39.3 Å². The van der Waals surface area contributed by atoms with Gasteiger partial charge in [-0.05, 0) is 48.2 Å². The first-order valence-corrected chi connectivity index (χ1v) is 11.8. The van der Waals surface area contributed by atoms with E-state index >= 15 is 0 Å². The zero-order valence-corrected chi connectivity index (χ0v) is 19.6. The van der Waals surface area contributed by atoms with Crippen LogP contribution in [-0.2, 0) is 22.4 Å². The van der Waals surface area contributed by atoms with Gasteiger partial charge in [-0.25, -0.2) is 4.98 Å². The quantitative estimate of drug-likeness (QED) is 0.408. The van der Waals surface area contributed by atoms with E-state index < -0.39 is 17.9 Å². The molecule has 36 heavy (non-hydrogen) atoms. The Morgan fingerprint density at radius 2 is 1.61 bits per heavy atom. The van der Waals surface area contributed by atoms with Crippen molar-refractivity contribution < 1.29 is 9.59 Å². The standard InChI is InChI=1S/C29H25N5O2/c30-17-23-13-11-22(12-14-23)16-27(26-18-31-20-32-26)34-25(15-21-7-3-1-4-8-21)19-33(28(35)29(34)36)24-9-5-2-6-10-24/h1-14,18,20,25,27H,15-16,19H2,(H,31,32)/t25?,27-/m0/s1. The summed E-state index contributed by atoms with van der Waals surface area (Å²) in [6.07, 6.45) is 4.36. The van der Waals surface area contributed by atoms with Crippen molar-refractivity contribution in [1.82, 2.24) is 14.9 Å². The minimum Gasteiger partial charge on any atom is -0.347 e. The van der Waals surface area contributed by atoms with Gasteiger partial charge in [0.15, 0.2) is 0 Å². The number of aromatic nitrogens is 2. The molecule has 1 aliphatic heterocycles. The molecule has 4 aromatic rings. The maximum atomic E-state index is 13.8. The number of hydrogen-bond acceptors (Lipinski definition) is 4. The van der Waals surface area contributed by atoms with E-state index in [1.807, 2.05) is 72.8 Å². The Labute approximate surface area is 209 Å². The highest BCUT2D eigenvalue weighted by molar-refractivity contribution is 6.41. The molecule has 3 aromatic carbocycles. The van der Waals surface area contributed by atoms with Crippen LogP contribution in [0.3, 0.4) is 0 Å². The largest absolute Gasteiger partial charge is 0.347 e. The highest BCUT2D eigenvalue weighted by Crippen LogP contribution is 2.32. The third-order valence-corrected chi connectivity index (χ3v) is 6.56. The van der Waals surface area contributed by atoms with Crippen LogP contribution < -0.4 is 4.90 Å². The Hall–Kier alpha value is -4.70.